The fraction of sp³-hybridized carbons (Fsp3) is 0.273. The first-order valence-electron chi connectivity index (χ1n) is 10.3. The van der Waals surface area contributed by atoms with Gasteiger partial charge in [-0.1, -0.05) is 23.7 Å². The number of nitrogens with one attached hydrogen (secondary N) is 1. The summed E-state index contributed by atoms with van der Waals surface area (Å²) in [6.07, 6.45) is 4.17. The zero-order valence-corrected chi connectivity index (χ0v) is 19.5. The normalized spacial score (nSPS) is 18.7. The summed E-state index contributed by atoms with van der Waals surface area (Å²) in [5.74, 6) is 0.00860. The molecule has 0 aliphatic carbocycles. The number of amides is 1. The van der Waals surface area contributed by atoms with Crippen LogP contribution in [0, 0.1) is 0 Å². The molecule has 2 aliphatic rings. The first kappa shape index (κ1) is 21.2. The zero-order valence-electron chi connectivity index (χ0n) is 17.1. The highest BCUT2D eigenvalue weighted by molar-refractivity contribution is 7.93. The minimum Gasteiger partial charge on any atom is -0.358 e. The number of anilines is 3. The van der Waals surface area contributed by atoms with E-state index in [1.165, 1.54) is 35.2 Å². The van der Waals surface area contributed by atoms with E-state index >= 15 is 0 Å². The molecule has 32 heavy (non-hydrogen) atoms. The number of carbonyl (C=O) groups is 1. The molecule has 3 heterocycles. The molecule has 2 aliphatic heterocycles. The maximum Gasteiger partial charge on any atom is 0.263 e. The largest absolute Gasteiger partial charge is 0.358 e. The van der Waals surface area contributed by atoms with Crippen LogP contribution in [0.1, 0.15) is 21.3 Å². The molecular weight excluding hydrogens is 468 g/mol. The molecule has 0 bridgehead atoms. The Balaban J connectivity index is 0.00000162. The third-order valence-corrected chi connectivity index (χ3v) is 8.35. The number of para-hydroxylation sites is 1. The van der Waals surface area contributed by atoms with Gasteiger partial charge in [0, 0.05) is 33.2 Å². The molecular formula is C22H25ClN4O3S2. The Morgan fingerprint density at radius 3 is 2.72 bits per heavy atom. The van der Waals surface area contributed by atoms with Gasteiger partial charge in [0.1, 0.15) is 6.04 Å². The zero-order chi connectivity index (χ0) is 22.3. The summed E-state index contributed by atoms with van der Waals surface area (Å²) in [5, 5.41) is 2.69. The molecule has 1 amide bonds. The number of benzene rings is 2. The highest BCUT2D eigenvalue weighted by Gasteiger charge is 2.39. The first-order chi connectivity index (χ1) is 15.4. The number of hydrogen-bond donors (Lipinski definition) is 1. The molecule has 5 rings (SSSR count). The summed E-state index contributed by atoms with van der Waals surface area (Å²) < 4.78 is 27.6. The van der Waals surface area contributed by atoms with Crippen LogP contribution in [0.25, 0.3) is 0 Å². The van der Waals surface area contributed by atoms with E-state index in [4.69, 9.17) is 11.6 Å². The van der Waals surface area contributed by atoms with Crippen molar-refractivity contribution in [2.45, 2.75) is 30.2 Å². The molecule has 1 saturated heterocycles. The van der Waals surface area contributed by atoms with Crippen LogP contribution in [0.15, 0.2) is 58.9 Å². The summed E-state index contributed by atoms with van der Waals surface area (Å²) in [6, 6.07) is 12.0. The lowest BCUT2D eigenvalue weighted by Gasteiger charge is -2.36. The Morgan fingerprint density at radius 2 is 1.97 bits per heavy atom. The summed E-state index contributed by atoms with van der Waals surface area (Å²) in [4.78, 5) is 21.3. The Hall–Kier alpha value is -2.62. The van der Waals surface area contributed by atoms with Crippen molar-refractivity contribution in [3.8, 4) is 0 Å². The van der Waals surface area contributed by atoms with E-state index in [9.17, 15) is 13.2 Å². The first-order valence-corrected chi connectivity index (χ1v) is 13.1. The molecule has 0 saturated carbocycles. The summed E-state index contributed by atoms with van der Waals surface area (Å²) >= 11 is 7.70. The molecule has 1 aromatic heterocycles. The predicted molar refractivity (Wildman–Crippen MR) is 131 cm³/mol. The number of fused-ring (bicyclic) bond motifs is 1. The molecule has 0 radical (unpaired) electrons. The number of thiazole rings is 1. The monoisotopic (exact) mass is 492 g/mol. The second kappa shape index (κ2) is 8.38. The van der Waals surface area contributed by atoms with Crippen LogP contribution in [0.4, 0.5) is 16.5 Å². The molecule has 2 aromatic carbocycles. The van der Waals surface area contributed by atoms with Crippen molar-refractivity contribution in [2.24, 2.45) is 0 Å². The van der Waals surface area contributed by atoms with Gasteiger partial charge in [-0.25, -0.2) is 13.4 Å². The lowest BCUT2D eigenvalue weighted by atomic mass is 9.99. The van der Waals surface area contributed by atoms with Gasteiger partial charge in [0.25, 0.3) is 10.0 Å². The van der Waals surface area contributed by atoms with E-state index < -0.39 is 10.0 Å². The molecule has 1 N–H and O–H groups in total. The van der Waals surface area contributed by atoms with Crippen LogP contribution in [-0.4, -0.2) is 38.4 Å². The Kier molecular flexibility index (Phi) is 5.56. The number of aromatic nitrogens is 1. The minimum absolute atomic E-state index is 0. The van der Waals surface area contributed by atoms with Crippen molar-refractivity contribution < 1.29 is 16.1 Å². The topological polar surface area (TPSA) is 82.6 Å². The SMILES string of the molecule is O=C1[C@H](N2CCCc3cccc(Cl)c32)CCN1c1ccc(S(=O)(=O)Nc2nccs2)cc1.[HH].[HH]. The van der Waals surface area contributed by atoms with Crippen LogP contribution < -0.4 is 14.5 Å². The van der Waals surface area contributed by atoms with Crippen LogP contribution in [0.5, 0.6) is 0 Å². The van der Waals surface area contributed by atoms with Gasteiger partial charge in [0.15, 0.2) is 5.13 Å². The fourth-order valence-corrected chi connectivity index (χ4v) is 6.50. The van der Waals surface area contributed by atoms with Gasteiger partial charge < -0.3 is 9.80 Å². The predicted octanol–water partition coefficient (Wildman–Crippen LogP) is 4.65. The molecule has 170 valence electrons. The minimum atomic E-state index is -3.73. The molecule has 1 fully saturated rings. The fourth-order valence-electron chi connectivity index (χ4n) is 4.41. The summed E-state index contributed by atoms with van der Waals surface area (Å²) in [7, 11) is -3.73. The quantitative estimate of drug-likeness (QED) is 0.560. The number of nitrogens with zero attached hydrogens (tertiary/aromatic N) is 3. The summed E-state index contributed by atoms with van der Waals surface area (Å²) in [5.41, 5.74) is 2.83. The van der Waals surface area contributed by atoms with Crippen molar-refractivity contribution in [2.75, 3.05) is 27.6 Å². The second-order valence-corrected chi connectivity index (χ2v) is 10.8. The molecule has 0 spiro atoms. The van der Waals surface area contributed by atoms with Gasteiger partial charge in [-0.15, -0.1) is 11.3 Å². The van der Waals surface area contributed by atoms with Gasteiger partial charge in [0.05, 0.1) is 15.6 Å². The van der Waals surface area contributed by atoms with Gasteiger partial charge >= 0.3 is 0 Å². The number of sulfonamides is 1. The summed E-state index contributed by atoms with van der Waals surface area (Å²) in [6.45, 7) is 1.36. The number of halogens is 1. The Bertz CT molecular complexity index is 1260. The number of carbonyl (C=O) groups excluding carboxylic acids is 1. The van der Waals surface area contributed by atoms with Crippen LogP contribution in [0.2, 0.25) is 5.02 Å². The maximum atomic E-state index is 13.3. The second-order valence-electron chi connectivity index (χ2n) is 7.78. The van der Waals surface area contributed by atoms with Crippen molar-refractivity contribution in [3.63, 3.8) is 0 Å². The third-order valence-electron chi connectivity index (χ3n) is 5.87. The van der Waals surface area contributed by atoms with Crippen molar-refractivity contribution in [1.82, 2.24) is 4.98 Å². The van der Waals surface area contributed by atoms with E-state index in [0.29, 0.717) is 28.8 Å². The lowest BCUT2D eigenvalue weighted by molar-refractivity contribution is -0.118. The van der Waals surface area contributed by atoms with Crippen molar-refractivity contribution in [1.29, 1.82) is 0 Å². The molecule has 1 atom stereocenters. The number of aryl methyl sites for hydroxylation is 1. The van der Waals surface area contributed by atoms with Gasteiger partial charge in [-0.2, -0.15) is 0 Å². The van der Waals surface area contributed by atoms with E-state index in [-0.39, 0.29) is 19.7 Å². The molecule has 7 nitrogen and oxygen atoms in total. The Morgan fingerprint density at radius 1 is 1.16 bits per heavy atom. The highest BCUT2D eigenvalue weighted by Crippen LogP contribution is 2.38. The van der Waals surface area contributed by atoms with E-state index in [0.717, 1.165) is 25.1 Å². The average molecular weight is 493 g/mol. The standard InChI is InChI=1S/C22H21ClN4O3S2.2H2/c23-18-5-1-3-15-4-2-12-27(20(15)18)19-10-13-26(21(19)28)16-6-8-17(9-7-16)32(29,30)25-22-24-11-14-31-22;;/h1,3,5-9,11,14,19H,2,4,10,12-13H2,(H,24,25);2*1H/t19-;;/m1../s1. The molecule has 10 heteroatoms. The van der Waals surface area contributed by atoms with Gasteiger partial charge in [-0.05, 0) is 55.2 Å². The molecule has 3 aromatic rings. The number of hydrogen-bond acceptors (Lipinski definition) is 6. The van der Waals surface area contributed by atoms with Gasteiger partial charge in [0.2, 0.25) is 5.91 Å². The lowest BCUT2D eigenvalue weighted by Crippen LogP contribution is -2.44. The van der Waals surface area contributed by atoms with Crippen LogP contribution >= 0.6 is 22.9 Å². The van der Waals surface area contributed by atoms with Crippen molar-refractivity contribution in [3.05, 3.63) is 64.6 Å². The Labute approximate surface area is 198 Å². The van der Waals surface area contributed by atoms with Gasteiger partial charge in [-0.3, -0.25) is 9.52 Å². The number of rotatable bonds is 5. The third kappa shape index (κ3) is 3.85. The smallest absolute Gasteiger partial charge is 0.263 e. The van der Waals surface area contributed by atoms with E-state index in [1.807, 2.05) is 12.1 Å². The van der Waals surface area contributed by atoms with E-state index in [1.54, 1.807) is 22.4 Å². The van der Waals surface area contributed by atoms with Crippen LogP contribution in [-0.2, 0) is 21.2 Å². The molecule has 0 unspecified atom stereocenters. The van der Waals surface area contributed by atoms with Crippen molar-refractivity contribution >= 4 is 55.4 Å². The van der Waals surface area contributed by atoms with Crippen LogP contribution in [0.3, 0.4) is 0 Å². The highest BCUT2D eigenvalue weighted by atomic mass is 35.5. The average Bonchev–Trinajstić information content (AvgIpc) is 3.43. The maximum absolute atomic E-state index is 13.3. The van der Waals surface area contributed by atoms with E-state index in [2.05, 4.69) is 20.7 Å².